The molecule has 1 aliphatic heterocycles. The largest absolute Gasteiger partial charge is 0.481 e. The van der Waals surface area contributed by atoms with Crippen LogP contribution < -0.4 is 4.74 Å². The van der Waals surface area contributed by atoms with Crippen LogP contribution in [0.3, 0.4) is 0 Å². The van der Waals surface area contributed by atoms with Crippen LogP contribution in [0.15, 0.2) is 59.4 Å². The number of aromatic nitrogens is 4. The highest BCUT2D eigenvalue weighted by atomic mass is 16.5. The van der Waals surface area contributed by atoms with Crippen LogP contribution in [0.1, 0.15) is 38.2 Å². The number of fused-ring (bicyclic) bond motifs is 1. The molecule has 1 atom stereocenters. The summed E-state index contributed by atoms with van der Waals surface area (Å²) in [5.41, 5.74) is 2.63. The molecule has 0 spiro atoms. The number of carbonyl (C=O) groups excluding carboxylic acids is 1. The summed E-state index contributed by atoms with van der Waals surface area (Å²) < 4.78 is 13.3. The molecule has 2 aromatic carbocycles. The molecule has 1 saturated heterocycles. The number of likely N-dealkylation sites (tertiary alicyclic amines) is 1. The second kappa shape index (κ2) is 8.82. The van der Waals surface area contributed by atoms with Crippen LogP contribution in [-0.4, -0.2) is 43.6 Å². The maximum atomic E-state index is 12.3. The summed E-state index contributed by atoms with van der Waals surface area (Å²) in [6.45, 7) is 4.26. The van der Waals surface area contributed by atoms with E-state index in [-0.39, 0.29) is 12.0 Å². The van der Waals surface area contributed by atoms with Crippen LogP contribution in [-0.2, 0) is 11.3 Å². The van der Waals surface area contributed by atoms with Crippen molar-refractivity contribution in [2.24, 2.45) is 0 Å². The summed E-state index contributed by atoms with van der Waals surface area (Å²) in [5.74, 6) is 1.86. The number of hydrogen-bond donors (Lipinski definition) is 0. The number of ether oxygens (including phenoxy) is 1. The van der Waals surface area contributed by atoms with Crippen molar-refractivity contribution in [1.29, 1.82) is 0 Å². The number of nitrogens with zero attached hydrogens (tertiary/aromatic N) is 5. The maximum Gasteiger partial charge on any atom is 0.267 e. The Hall–Kier alpha value is -3.68. The number of imidazole rings is 1. The van der Waals surface area contributed by atoms with Crippen LogP contribution in [0.5, 0.6) is 5.75 Å². The third kappa shape index (κ3) is 4.21. The van der Waals surface area contributed by atoms with Crippen LogP contribution in [0, 0.1) is 0 Å². The lowest BCUT2D eigenvalue weighted by molar-refractivity contribution is -0.130. The summed E-state index contributed by atoms with van der Waals surface area (Å²) in [4.78, 5) is 23.3. The lowest BCUT2D eigenvalue weighted by Crippen LogP contribution is -2.28. The van der Waals surface area contributed by atoms with E-state index in [1.54, 1.807) is 6.33 Å². The smallest absolute Gasteiger partial charge is 0.267 e. The minimum Gasteiger partial charge on any atom is -0.481 e. The van der Waals surface area contributed by atoms with E-state index >= 15 is 0 Å². The van der Waals surface area contributed by atoms with Gasteiger partial charge in [-0.05, 0) is 50.1 Å². The minimum absolute atomic E-state index is 0.215. The van der Waals surface area contributed by atoms with Gasteiger partial charge in [0.2, 0.25) is 11.7 Å². The first-order chi connectivity index (χ1) is 15.7. The van der Waals surface area contributed by atoms with Crippen molar-refractivity contribution in [3.05, 3.63) is 60.7 Å². The molecule has 0 bridgehead atoms. The highest BCUT2D eigenvalue weighted by Crippen LogP contribution is 2.25. The van der Waals surface area contributed by atoms with Gasteiger partial charge in [0, 0.05) is 31.6 Å². The number of amides is 1. The van der Waals surface area contributed by atoms with E-state index in [1.165, 1.54) is 0 Å². The minimum atomic E-state index is -0.366. The Bertz CT molecular complexity index is 1210. The zero-order valence-electron chi connectivity index (χ0n) is 18.0. The van der Waals surface area contributed by atoms with Gasteiger partial charge in [0.15, 0.2) is 6.10 Å². The number of rotatable bonds is 7. The topological polar surface area (TPSA) is 86.3 Å². The second-order valence-corrected chi connectivity index (χ2v) is 8.01. The molecule has 4 aromatic rings. The number of benzene rings is 2. The highest BCUT2D eigenvalue weighted by Gasteiger charge is 2.19. The first kappa shape index (κ1) is 20.2. The Morgan fingerprint density at radius 1 is 1.16 bits per heavy atom. The summed E-state index contributed by atoms with van der Waals surface area (Å²) >= 11 is 0. The van der Waals surface area contributed by atoms with E-state index in [1.807, 2.05) is 64.9 Å². The van der Waals surface area contributed by atoms with Crippen LogP contribution in [0.25, 0.3) is 22.4 Å². The van der Waals surface area contributed by atoms with Crippen LogP contribution >= 0.6 is 0 Å². The lowest BCUT2D eigenvalue weighted by Gasteiger charge is -2.15. The Morgan fingerprint density at radius 3 is 2.78 bits per heavy atom. The molecule has 0 saturated carbocycles. The third-order valence-corrected chi connectivity index (χ3v) is 5.75. The zero-order chi connectivity index (χ0) is 21.9. The molecule has 8 nitrogen and oxygen atoms in total. The quantitative estimate of drug-likeness (QED) is 0.435. The van der Waals surface area contributed by atoms with Crippen molar-refractivity contribution < 1.29 is 14.1 Å². The fraction of sp³-hybridized carbons (Fsp3) is 0.333. The van der Waals surface area contributed by atoms with Crippen molar-refractivity contribution >= 4 is 16.9 Å². The molecule has 2 aromatic heterocycles. The summed E-state index contributed by atoms with van der Waals surface area (Å²) in [6.07, 6.45) is 4.12. The molecule has 8 heteroatoms. The van der Waals surface area contributed by atoms with Gasteiger partial charge >= 0.3 is 0 Å². The molecule has 1 unspecified atom stereocenters. The molecule has 5 rings (SSSR count). The molecule has 3 heterocycles. The standard InChI is InChI=1S/C24H25N5O3/c1-17(31-19-7-3-2-4-8-19)24-26-23(27-32-24)18-9-10-21-20(15-18)25-16-29(21)14-11-22(30)28-12-5-6-13-28/h2-4,7-10,15-17H,5-6,11-14H2,1H3. The normalized spacial score (nSPS) is 14.7. The maximum absolute atomic E-state index is 12.3. The molecule has 164 valence electrons. The van der Waals surface area contributed by atoms with Gasteiger partial charge in [0.1, 0.15) is 5.75 Å². The van der Waals surface area contributed by atoms with Gasteiger partial charge in [-0.2, -0.15) is 4.98 Å². The predicted octanol–water partition coefficient (Wildman–Crippen LogP) is 4.24. The molecule has 1 fully saturated rings. The van der Waals surface area contributed by atoms with Gasteiger partial charge in [-0.3, -0.25) is 4.79 Å². The van der Waals surface area contributed by atoms with E-state index < -0.39 is 0 Å². The van der Waals surface area contributed by atoms with Gasteiger partial charge in [-0.25, -0.2) is 4.98 Å². The Balaban J connectivity index is 1.28. The third-order valence-electron chi connectivity index (χ3n) is 5.75. The Labute approximate surface area is 185 Å². The van der Waals surface area contributed by atoms with Gasteiger partial charge in [0.05, 0.1) is 17.4 Å². The number of hydrogen-bond acceptors (Lipinski definition) is 6. The average molecular weight is 431 g/mol. The first-order valence-electron chi connectivity index (χ1n) is 11.0. The average Bonchev–Trinajstić information content (AvgIpc) is 3.59. The van der Waals surface area contributed by atoms with E-state index in [9.17, 15) is 4.79 Å². The molecule has 0 radical (unpaired) electrons. The lowest BCUT2D eigenvalue weighted by atomic mass is 10.2. The monoisotopic (exact) mass is 431 g/mol. The van der Waals surface area contributed by atoms with Crippen LogP contribution in [0.2, 0.25) is 0 Å². The summed E-state index contributed by atoms with van der Waals surface area (Å²) in [7, 11) is 0. The predicted molar refractivity (Wildman–Crippen MR) is 119 cm³/mol. The molecule has 32 heavy (non-hydrogen) atoms. The molecule has 0 aliphatic carbocycles. The highest BCUT2D eigenvalue weighted by molar-refractivity contribution is 5.81. The summed E-state index contributed by atoms with van der Waals surface area (Å²) in [6, 6.07) is 15.4. The van der Waals surface area contributed by atoms with E-state index in [0.717, 1.165) is 48.3 Å². The molecular weight excluding hydrogens is 406 g/mol. The Kier molecular flexibility index (Phi) is 5.58. The van der Waals surface area contributed by atoms with Crippen molar-refractivity contribution in [3.8, 4) is 17.1 Å². The van der Waals surface area contributed by atoms with Crippen molar-refractivity contribution in [1.82, 2.24) is 24.6 Å². The van der Waals surface area contributed by atoms with Gasteiger partial charge in [0.25, 0.3) is 5.89 Å². The number of carbonyl (C=O) groups is 1. The molecule has 0 N–H and O–H groups in total. The van der Waals surface area contributed by atoms with E-state index in [4.69, 9.17) is 9.26 Å². The van der Waals surface area contributed by atoms with E-state index in [2.05, 4.69) is 15.1 Å². The zero-order valence-corrected chi connectivity index (χ0v) is 18.0. The fourth-order valence-corrected chi connectivity index (χ4v) is 3.99. The SMILES string of the molecule is CC(Oc1ccccc1)c1nc(-c2ccc3c(c2)ncn3CCC(=O)N2CCCC2)no1. The van der Waals surface area contributed by atoms with Gasteiger partial charge in [-0.15, -0.1) is 0 Å². The van der Waals surface area contributed by atoms with Crippen molar-refractivity contribution in [2.45, 2.75) is 38.8 Å². The summed E-state index contributed by atoms with van der Waals surface area (Å²) in [5, 5.41) is 4.12. The van der Waals surface area contributed by atoms with Gasteiger partial charge in [-0.1, -0.05) is 23.4 Å². The van der Waals surface area contributed by atoms with Crippen LogP contribution in [0.4, 0.5) is 0 Å². The fourth-order valence-electron chi connectivity index (χ4n) is 3.99. The first-order valence-corrected chi connectivity index (χ1v) is 11.0. The molecule has 1 amide bonds. The van der Waals surface area contributed by atoms with Crippen molar-refractivity contribution in [3.63, 3.8) is 0 Å². The number of para-hydroxylation sites is 1. The number of aryl methyl sites for hydroxylation is 1. The Morgan fingerprint density at radius 2 is 1.97 bits per heavy atom. The van der Waals surface area contributed by atoms with Crippen molar-refractivity contribution in [2.75, 3.05) is 13.1 Å². The van der Waals surface area contributed by atoms with Gasteiger partial charge < -0.3 is 18.7 Å². The molecular formula is C24H25N5O3. The van der Waals surface area contributed by atoms with E-state index in [0.29, 0.717) is 24.7 Å². The molecule has 1 aliphatic rings. The second-order valence-electron chi connectivity index (χ2n) is 8.01.